The van der Waals surface area contributed by atoms with Crippen LogP contribution in [-0.2, 0) is 4.79 Å². The first-order valence-electron chi connectivity index (χ1n) is 5.74. The molecule has 2 bridgehead atoms. The lowest BCUT2D eigenvalue weighted by Crippen LogP contribution is -2.58. The zero-order chi connectivity index (χ0) is 11.3. The minimum absolute atomic E-state index is 0.00815. The predicted molar refractivity (Wildman–Crippen MR) is 60.3 cm³/mol. The van der Waals surface area contributed by atoms with E-state index in [1.54, 1.807) is 0 Å². The van der Waals surface area contributed by atoms with E-state index < -0.39 is 11.5 Å². The summed E-state index contributed by atoms with van der Waals surface area (Å²) in [6, 6.07) is 8.16. The van der Waals surface area contributed by atoms with E-state index in [2.05, 4.69) is 6.07 Å². The van der Waals surface area contributed by atoms with Crippen molar-refractivity contribution in [2.24, 2.45) is 5.73 Å². The SMILES string of the molecule is NC1(C(=O)O)CC2CC[C@@H]1c1ccccc12. The summed E-state index contributed by atoms with van der Waals surface area (Å²) in [7, 11) is 0. The van der Waals surface area contributed by atoms with E-state index in [0.29, 0.717) is 12.3 Å². The van der Waals surface area contributed by atoms with Gasteiger partial charge in [0.25, 0.3) is 0 Å². The van der Waals surface area contributed by atoms with Crippen molar-refractivity contribution >= 4 is 5.97 Å². The van der Waals surface area contributed by atoms with Crippen LogP contribution >= 0.6 is 0 Å². The number of aliphatic carboxylic acids is 1. The highest BCUT2D eigenvalue weighted by Gasteiger charge is 2.52. The number of carboxylic acids is 1. The van der Waals surface area contributed by atoms with Crippen LogP contribution in [-0.4, -0.2) is 16.6 Å². The molecule has 0 radical (unpaired) electrons. The summed E-state index contributed by atoms with van der Waals surface area (Å²) in [6.07, 6.45) is 2.57. The molecule has 16 heavy (non-hydrogen) atoms. The molecule has 3 aliphatic rings. The average molecular weight is 217 g/mol. The Morgan fingerprint density at radius 3 is 2.69 bits per heavy atom. The molecule has 84 valence electrons. The summed E-state index contributed by atoms with van der Waals surface area (Å²) in [5, 5.41) is 9.32. The van der Waals surface area contributed by atoms with Gasteiger partial charge in [0.2, 0.25) is 0 Å². The highest BCUT2D eigenvalue weighted by Crippen LogP contribution is 2.53. The first kappa shape index (κ1) is 9.85. The van der Waals surface area contributed by atoms with Gasteiger partial charge in [-0.3, -0.25) is 4.79 Å². The largest absolute Gasteiger partial charge is 0.480 e. The minimum Gasteiger partial charge on any atom is -0.480 e. The second kappa shape index (κ2) is 3.08. The van der Waals surface area contributed by atoms with E-state index in [0.717, 1.165) is 18.4 Å². The monoisotopic (exact) mass is 217 g/mol. The molecule has 3 N–H and O–H groups in total. The summed E-state index contributed by atoms with van der Waals surface area (Å²) in [5.41, 5.74) is 7.54. The second-order valence-corrected chi connectivity index (χ2v) is 5.01. The smallest absolute Gasteiger partial charge is 0.324 e. The molecule has 0 amide bonds. The third kappa shape index (κ3) is 1.09. The van der Waals surface area contributed by atoms with Crippen LogP contribution < -0.4 is 5.73 Å². The normalized spacial score (nSPS) is 35.8. The molecule has 4 rings (SSSR count). The molecule has 1 aromatic rings. The number of carbonyl (C=O) groups is 1. The summed E-state index contributed by atoms with van der Waals surface area (Å²) in [6.45, 7) is 0. The molecule has 3 atom stereocenters. The van der Waals surface area contributed by atoms with Crippen molar-refractivity contribution in [2.45, 2.75) is 36.6 Å². The second-order valence-electron chi connectivity index (χ2n) is 5.01. The Hall–Kier alpha value is -1.35. The highest BCUT2D eigenvalue weighted by molar-refractivity contribution is 5.81. The van der Waals surface area contributed by atoms with Gasteiger partial charge < -0.3 is 10.8 Å². The molecule has 1 fully saturated rings. The van der Waals surface area contributed by atoms with Gasteiger partial charge in [-0.15, -0.1) is 0 Å². The van der Waals surface area contributed by atoms with Crippen LogP contribution in [0.15, 0.2) is 24.3 Å². The molecular formula is C13H15NO2. The fourth-order valence-corrected chi connectivity index (χ4v) is 3.41. The van der Waals surface area contributed by atoms with Crippen LogP contribution in [0.2, 0.25) is 0 Å². The molecular weight excluding hydrogens is 202 g/mol. The average Bonchev–Trinajstić information content (AvgIpc) is 2.30. The van der Waals surface area contributed by atoms with Gasteiger partial charge in [-0.25, -0.2) is 0 Å². The molecule has 0 heterocycles. The summed E-state index contributed by atoms with van der Waals surface area (Å²) >= 11 is 0. The van der Waals surface area contributed by atoms with Crippen LogP contribution in [0.4, 0.5) is 0 Å². The fraction of sp³-hybridized carbons (Fsp3) is 0.462. The Morgan fingerprint density at radius 1 is 1.31 bits per heavy atom. The van der Waals surface area contributed by atoms with E-state index in [1.807, 2.05) is 18.2 Å². The maximum Gasteiger partial charge on any atom is 0.324 e. The maximum absolute atomic E-state index is 11.4. The van der Waals surface area contributed by atoms with Gasteiger partial charge >= 0.3 is 5.97 Å². The molecule has 1 saturated carbocycles. The van der Waals surface area contributed by atoms with Crippen LogP contribution in [0.5, 0.6) is 0 Å². The van der Waals surface area contributed by atoms with E-state index in [-0.39, 0.29) is 5.92 Å². The summed E-state index contributed by atoms with van der Waals surface area (Å²) < 4.78 is 0. The number of hydrogen-bond donors (Lipinski definition) is 2. The van der Waals surface area contributed by atoms with Crippen LogP contribution in [0, 0.1) is 0 Å². The van der Waals surface area contributed by atoms with Crippen LogP contribution in [0.1, 0.15) is 42.2 Å². The Kier molecular flexibility index (Phi) is 1.89. The Balaban J connectivity index is 2.15. The Bertz CT molecular complexity index is 457. The van der Waals surface area contributed by atoms with Crippen LogP contribution in [0.25, 0.3) is 0 Å². The van der Waals surface area contributed by atoms with Crippen molar-refractivity contribution < 1.29 is 9.90 Å². The zero-order valence-electron chi connectivity index (χ0n) is 9.02. The van der Waals surface area contributed by atoms with Crippen LogP contribution in [0.3, 0.4) is 0 Å². The quantitative estimate of drug-likeness (QED) is 0.754. The molecule has 3 aliphatic carbocycles. The molecule has 0 aliphatic heterocycles. The minimum atomic E-state index is -1.04. The van der Waals surface area contributed by atoms with E-state index in [9.17, 15) is 9.90 Å². The lowest BCUT2D eigenvalue weighted by molar-refractivity contribution is -0.146. The van der Waals surface area contributed by atoms with Crippen molar-refractivity contribution in [3.63, 3.8) is 0 Å². The van der Waals surface area contributed by atoms with Gasteiger partial charge in [0.1, 0.15) is 5.54 Å². The van der Waals surface area contributed by atoms with Gasteiger partial charge in [-0.2, -0.15) is 0 Å². The van der Waals surface area contributed by atoms with Gasteiger partial charge in [-0.1, -0.05) is 24.3 Å². The topological polar surface area (TPSA) is 63.3 Å². The molecule has 3 heteroatoms. The van der Waals surface area contributed by atoms with Crippen molar-refractivity contribution in [2.75, 3.05) is 0 Å². The van der Waals surface area contributed by atoms with E-state index >= 15 is 0 Å². The van der Waals surface area contributed by atoms with Gasteiger partial charge in [0.05, 0.1) is 0 Å². The number of hydrogen-bond acceptors (Lipinski definition) is 2. The lowest BCUT2D eigenvalue weighted by Gasteiger charge is -2.48. The number of fused-ring (bicyclic) bond motifs is 2. The summed E-state index contributed by atoms with van der Waals surface area (Å²) in [4.78, 5) is 11.4. The Labute approximate surface area is 94.3 Å². The third-order valence-electron chi connectivity index (χ3n) is 4.22. The number of rotatable bonds is 1. The highest BCUT2D eigenvalue weighted by atomic mass is 16.4. The predicted octanol–water partition coefficient (Wildman–Crippen LogP) is 1.83. The van der Waals surface area contributed by atoms with E-state index in [4.69, 9.17) is 5.73 Å². The molecule has 0 spiro atoms. The molecule has 1 aromatic carbocycles. The molecule has 2 unspecified atom stereocenters. The molecule has 0 saturated heterocycles. The van der Waals surface area contributed by atoms with Gasteiger partial charge in [0.15, 0.2) is 0 Å². The van der Waals surface area contributed by atoms with Crippen molar-refractivity contribution in [3.05, 3.63) is 35.4 Å². The standard InChI is InChI=1S/C13H15NO2/c14-13(12(15)16)7-8-5-6-11(13)10-4-2-1-3-9(8)10/h1-4,8,11H,5-7,14H2,(H,15,16)/t8?,11-,13?/m1/s1. The third-order valence-corrected chi connectivity index (χ3v) is 4.22. The Morgan fingerprint density at radius 2 is 2.00 bits per heavy atom. The van der Waals surface area contributed by atoms with Crippen molar-refractivity contribution in [1.82, 2.24) is 0 Å². The van der Waals surface area contributed by atoms with Gasteiger partial charge in [-0.05, 0) is 36.3 Å². The zero-order valence-corrected chi connectivity index (χ0v) is 9.02. The number of benzene rings is 1. The summed E-state index contributed by atoms with van der Waals surface area (Å²) in [5.74, 6) is -0.523. The first-order chi connectivity index (χ1) is 7.63. The first-order valence-corrected chi connectivity index (χ1v) is 5.74. The maximum atomic E-state index is 11.4. The number of nitrogens with two attached hydrogens (primary N) is 1. The molecule has 0 aromatic heterocycles. The van der Waals surface area contributed by atoms with Gasteiger partial charge in [0, 0.05) is 5.92 Å². The van der Waals surface area contributed by atoms with Crippen molar-refractivity contribution in [1.29, 1.82) is 0 Å². The lowest BCUT2D eigenvalue weighted by atomic mass is 9.58. The van der Waals surface area contributed by atoms with E-state index in [1.165, 1.54) is 5.56 Å². The number of carboxylic acid groups (broad SMARTS) is 1. The molecule has 3 nitrogen and oxygen atoms in total. The fourth-order valence-electron chi connectivity index (χ4n) is 3.41. The van der Waals surface area contributed by atoms with Crippen molar-refractivity contribution in [3.8, 4) is 0 Å².